The summed E-state index contributed by atoms with van der Waals surface area (Å²) in [6.07, 6.45) is 2.18. The normalized spacial score (nSPS) is 25.0. The van der Waals surface area contributed by atoms with Crippen LogP contribution in [-0.4, -0.2) is 34.4 Å². The molecule has 0 unspecified atom stereocenters. The molecule has 1 aliphatic heterocycles. The van der Waals surface area contributed by atoms with Gasteiger partial charge in [-0.15, -0.1) is 11.3 Å². The molecule has 24 heavy (non-hydrogen) atoms. The number of nitrogens with two attached hydrogens (primary N) is 1. The van der Waals surface area contributed by atoms with E-state index in [1.165, 1.54) is 11.1 Å². The maximum atomic E-state index is 13.2. The van der Waals surface area contributed by atoms with Gasteiger partial charge in [0, 0.05) is 18.6 Å². The third-order valence-electron chi connectivity index (χ3n) is 5.14. The number of hydrogen-bond donors (Lipinski definition) is 1. The Bertz CT molecular complexity index is 793. The monoisotopic (exact) mass is 341 g/mol. The van der Waals surface area contributed by atoms with Crippen molar-refractivity contribution in [1.29, 1.82) is 0 Å². The minimum atomic E-state index is 0.0639. The van der Waals surface area contributed by atoms with Gasteiger partial charge in [0.1, 0.15) is 5.69 Å². The fraction of sp³-hybridized carbons (Fsp3) is 0.474. The average Bonchev–Trinajstić information content (AvgIpc) is 3.01. The zero-order valence-electron chi connectivity index (χ0n) is 14.4. The first kappa shape index (κ1) is 15.8. The van der Waals surface area contributed by atoms with Gasteiger partial charge >= 0.3 is 0 Å². The number of piperidine rings is 1. The molecule has 2 aliphatic rings. The van der Waals surface area contributed by atoms with Gasteiger partial charge in [-0.05, 0) is 45.1 Å². The van der Waals surface area contributed by atoms with Crippen LogP contribution in [0, 0.1) is 26.7 Å². The van der Waals surface area contributed by atoms with Crippen LogP contribution in [0.2, 0.25) is 0 Å². The molecule has 2 N–H and O–H groups in total. The van der Waals surface area contributed by atoms with Gasteiger partial charge in [0.25, 0.3) is 5.91 Å². The van der Waals surface area contributed by atoms with Crippen LogP contribution >= 0.6 is 11.3 Å². The number of aryl methyl sites for hydroxylation is 3. The van der Waals surface area contributed by atoms with E-state index < -0.39 is 0 Å². The molecule has 0 radical (unpaired) electrons. The molecule has 1 aliphatic carbocycles. The lowest BCUT2D eigenvalue weighted by atomic mass is 10.0. The number of fused-ring (bicyclic) bond motifs is 1. The molecule has 126 valence electrons. The summed E-state index contributed by atoms with van der Waals surface area (Å²) in [5.41, 5.74) is 10.0. The molecule has 1 amide bonds. The zero-order valence-corrected chi connectivity index (χ0v) is 15.2. The Kier molecular flexibility index (Phi) is 3.73. The second-order valence-electron chi connectivity index (χ2n) is 7.19. The maximum Gasteiger partial charge on any atom is 0.274 e. The molecule has 2 heterocycles. The van der Waals surface area contributed by atoms with E-state index in [-0.39, 0.29) is 11.9 Å². The Labute approximate surface area is 146 Å². The van der Waals surface area contributed by atoms with Crippen LogP contribution < -0.4 is 5.73 Å². The smallest absolute Gasteiger partial charge is 0.274 e. The highest BCUT2D eigenvalue weighted by Crippen LogP contribution is 2.48. The Hall–Kier alpha value is -1.72. The number of benzene rings is 1. The van der Waals surface area contributed by atoms with Crippen molar-refractivity contribution in [3.05, 3.63) is 40.0 Å². The highest BCUT2D eigenvalue weighted by Gasteiger charge is 2.54. The summed E-state index contributed by atoms with van der Waals surface area (Å²) in [4.78, 5) is 20.9. The number of hydrogen-bond acceptors (Lipinski definition) is 4. The third kappa shape index (κ3) is 2.56. The van der Waals surface area contributed by atoms with Crippen molar-refractivity contribution in [1.82, 2.24) is 9.88 Å². The van der Waals surface area contributed by atoms with Crippen molar-refractivity contribution in [2.75, 3.05) is 6.54 Å². The van der Waals surface area contributed by atoms with Crippen molar-refractivity contribution in [3.8, 4) is 10.4 Å². The molecule has 3 atom stereocenters. The van der Waals surface area contributed by atoms with Crippen molar-refractivity contribution >= 4 is 17.2 Å². The number of rotatable bonds is 3. The SMILES string of the molecule is Cc1cc(C)cc(-c2sc(C)nc2C(=O)N2[C@H](CN)C[C@@H]3C[C@@H]32)c1. The maximum absolute atomic E-state index is 13.2. The largest absolute Gasteiger partial charge is 0.330 e. The van der Waals surface area contributed by atoms with Crippen LogP contribution in [0.1, 0.15) is 39.5 Å². The summed E-state index contributed by atoms with van der Waals surface area (Å²) in [7, 11) is 0. The molecule has 0 spiro atoms. The van der Waals surface area contributed by atoms with Crippen LogP contribution in [0.3, 0.4) is 0 Å². The van der Waals surface area contributed by atoms with Crippen LogP contribution in [0.15, 0.2) is 18.2 Å². The number of likely N-dealkylation sites (tertiary alicyclic amines) is 1. The summed E-state index contributed by atoms with van der Waals surface area (Å²) in [6.45, 7) is 6.69. The van der Waals surface area contributed by atoms with Gasteiger partial charge in [-0.25, -0.2) is 4.98 Å². The van der Waals surface area contributed by atoms with Gasteiger partial charge in [0.15, 0.2) is 0 Å². The Morgan fingerprint density at radius 3 is 2.62 bits per heavy atom. The van der Waals surface area contributed by atoms with E-state index in [2.05, 4.69) is 37.0 Å². The van der Waals surface area contributed by atoms with Crippen molar-refractivity contribution in [2.45, 2.75) is 45.7 Å². The molecule has 1 aromatic carbocycles. The fourth-order valence-electron chi connectivity index (χ4n) is 4.08. The zero-order chi connectivity index (χ0) is 17.0. The Balaban J connectivity index is 1.75. The van der Waals surface area contributed by atoms with E-state index in [9.17, 15) is 4.79 Å². The van der Waals surface area contributed by atoms with Gasteiger partial charge in [0.05, 0.1) is 9.88 Å². The Morgan fingerprint density at radius 1 is 1.25 bits per heavy atom. The first-order valence-corrected chi connectivity index (χ1v) is 9.38. The molecule has 4 nitrogen and oxygen atoms in total. The van der Waals surface area contributed by atoms with Crippen molar-refractivity contribution in [2.24, 2.45) is 11.7 Å². The number of amides is 1. The summed E-state index contributed by atoms with van der Waals surface area (Å²) in [6, 6.07) is 7.00. The van der Waals surface area contributed by atoms with E-state index >= 15 is 0 Å². The summed E-state index contributed by atoms with van der Waals surface area (Å²) >= 11 is 1.61. The second kappa shape index (κ2) is 5.67. The summed E-state index contributed by atoms with van der Waals surface area (Å²) in [5.74, 6) is 0.723. The van der Waals surface area contributed by atoms with Gasteiger partial charge < -0.3 is 10.6 Å². The molecular weight excluding hydrogens is 318 g/mol. The fourth-order valence-corrected chi connectivity index (χ4v) is 4.98. The number of thiazole rings is 1. The molecular formula is C19H23N3OS. The molecule has 1 aromatic heterocycles. The lowest BCUT2D eigenvalue weighted by Gasteiger charge is -2.26. The van der Waals surface area contributed by atoms with E-state index in [1.54, 1.807) is 11.3 Å². The first-order valence-electron chi connectivity index (χ1n) is 8.56. The van der Waals surface area contributed by atoms with Gasteiger partial charge in [-0.1, -0.05) is 29.3 Å². The van der Waals surface area contributed by atoms with E-state index in [1.807, 2.05) is 11.8 Å². The molecule has 0 bridgehead atoms. The topological polar surface area (TPSA) is 59.2 Å². The number of nitrogens with zero attached hydrogens (tertiary/aromatic N) is 2. The van der Waals surface area contributed by atoms with Crippen LogP contribution in [-0.2, 0) is 0 Å². The molecule has 1 saturated carbocycles. The lowest BCUT2D eigenvalue weighted by Crippen LogP contribution is -2.42. The van der Waals surface area contributed by atoms with Crippen LogP contribution in [0.4, 0.5) is 0 Å². The summed E-state index contributed by atoms with van der Waals surface area (Å²) < 4.78 is 0. The standard InChI is InChI=1S/C19H23N3OS/c1-10-4-11(2)6-14(5-10)18-17(21-12(3)24-18)19(23)22-15(9-20)7-13-8-16(13)22/h4-6,13,15-16H,7-9,20H2,1-3H3/t13-,15+,16+/m1/s1. The predicted molar refractivity (Wildman–Crippen MR) is 97.3 cm³/mol. The van der Waals surface area contributed by atoms with Crippen LogP contribution in [0.5, 0.6) is 0 Å². The Morgan fingerprint density at radius 2 is 1.96 bits per heavy atom. The highest BCUT2D eigenvalue weighted by atomic mass is 32.1. The first-order chi connectivity index (χ1) is 11.5. The molecule has 5 heteroatoms. The minimum absolute atomic E-state index is 0.0639. The molecule has 2 aromatic rings. The average molecular weight is 341 g/mol. The number of aromatic nitrogens is 1. The van der Waals surface area contributed by atoms with Gasteiger partial charge in [-0.3, -0.25) is 4.79 Å². The van der Waals surface area contributed by atoms with Crippen molar-refractivity contribution < 1.29 is 4.79 Å². The van der Waals surface area contributed by atoms with Crippen molar-refractivity contribution in [3.63, 3.8) is 0 Å². The minimum Gasteiger partial charge on any atom is -0.330 e. The van der Waals surface area contributed by atoms with E-state index in [0.29, 0.717) is 24.2 Å². The summed E-state index contributed by atoms with van der Waals surface area (Å²) in [5, 5.41) is 0.934. The molecule has 4 rings (SSSR count). The third-order valence-corrected chi connectivity index (χ3v) is 6.16. The number of carbonyl (C=O) groups excluding carboxylic acids is 1. The van der Waals surface area contributed by atoms with Gasteiger partial charge in [0.2, 0.25) is 0 Å². The molecule has 2 fully saturated rings. The lowest BCUT2D eigenvalue weighted by molar-refractivity contribution is 0.0701. The van der Waals surface area contributed by atoms with Crippen LogP contribution in [0.25, 0.3) is 10.4 Å². The quantitative estimate of drug-likeness (QED) is 0.932. The van der Waals surface area contributed by atoms with E-state index in [4.69, 9.17) is 5.73 Å². The number of carbonyl (C=O) groups is 1. The van der Waals surface area contributed by atoms with E-state index in [0.717, 1.165) is 28.3 Å². The van der Waals surface area contributed by atoms with Gasteiger partial charge in [-0.2, -0.15) is 0 Å². The predicted octanol–water partition coefficient (Wildman–Crippen LogP) is 3.30. The highest BCUT2D eigenvalue weighted by molar-refractivity contribution is 7.15. The molecule has 1 saturated heterocycles. The second-order valence-corrected chi connectivity index (χ2v) is 8.39.